The third kappa shape index (κ3) is 2.45. The summed E-state index contributed by atoms with van der Waals surface area (Å²) in [5.74, 6) is 0.968. The van der Waals surface area contributed by atoms with Crippen LogP contribution in [-0.2, 0) is 16.0 Å². The molecule has 2 atom stereocenters. The summed E-state index contributed by atoms with van der Waals surface area (Å²) < 4.78 is 10.9. The van der Waals surface area contributed by atoms with Gasteiger partial charge in [0.05, 0.1) is 13.2 Å². The van der Waals surface area contributed by atoms with Crippen molar-refractivity contribution >= 4 is 17.6 Å². The van der Waals surface area contributed by atoms with Crippen LogP contribution in [0.15, 0.2) is 53.5 Å². The van der Waals surface area contributed by atoms with Gasteiger partial charge in [-0.3, -0.25) is 0 Å². The van der Waals surface area contributed by atoms with Crippen LogP contribution in [0, 0.1) is 0 Å². The van der Waals surface area contributed by atoms with Crippen molar-refractivity contribution in [1.29, 1.82) is 0 Å². The number of piperidine rings is 1. The van der Waals surface area contributed by atoms with Crippen LogP contribution >= 0.6 is 0 Å². The summed E-state index contributed by atoms with van der Waals surface area (Å²) in [6.07, 6.45) is 3.82. The molecule has 0 amide bonds. The fourth-order valence-electron chi connectivity index (χ4n) is 4.67. The van der Waals surface area contributed by atoms with Gasteiger partial charge in [-0.25, -0.2) is 9.79 Å². The molecule has 5 heteroatoms. The molecule has 0 aliphatic carbocycles. The summed E-state index contributed by atoms with van der Waals surface area (Å²) in [7, 11) is 1.63. The summed E-state index contributed by atoms with van der Waals surface area (Å²) in [5.41, 5.74) is 2.38. The Labute approximate surface area is 158 Å². The van der Waals surface area contributed by atoms with Crippen molar-refractivity contribution in [3.8, 4) is 5.75 Å². The fourth-order valence-corrected chi connectivity index (χ4v) is 4.67. The Morgan fingerprint density at radius 2 is 1.96 bits per heavy atom. The Balaban J connectivity index is 1.59. The van der Waals surface area contributed by atoms with Crippen LogP contribution < -0.4 is 9.64 Å². The molecular formula is C22H22N2O3. The van der Waals surface area contributed by atoms with E-state index >= 15 is 0 Å². The third-order valence-electron chi connectivity index (χ3n) is 6.00. The van der Waals surface area contributed by atoms with Crippen LogP contribution in [0.3, 0.4) is 0 Å². The Morgan fingerprint density at radius 1 is 1.15 bits per heavy atom. The van der Waals surface area contributed by atoms with Crippen LogP contribution in [0.5, 0.6) is 5.75 Å². The number of para-hydroxylation sites is 1. The van der Waals surface area contributed by atoms with Crippen LogP contribution in [0.1, 0.15) is 30.4 Å². The number of rotatable bonds is 2. The van der Waals surface area contributed by atoms with Crippen molar-refractivity contribution in [3.63, 3.8) is 0 Å². The van der Waals surface area contributed by atoms with E-state index in [1.54, 1.807) is 7.11 Å². The van der Waals surface area contributed by atoms with Gasteiger partial charge in [0.1, 0.15) is 5.75 Å². The molecule has 0 unspecified atom stereocenters. The number of hydrogen-bond donors (Lipinski definition) is 0. The minimum Gasteiger partial charge on any atom is -0.497 e. The molecule has 138 valence electrons. The molecule has 3 aliphatic rings. The second-order valence-electron chi connectivity index (χ2n) is 7.47. The van der Waals surface area contributed by atoms with E-state index in [4.69, 9.17) is 14.5 Å². The first kappa shape index (κ1) is 16.4. The maximum atomic E-state index is 13.1. The molecule has 0 radical (unpaired) electrons. The van der Waals surface area contributed by atoms with Crippen molar-refractivity contribution in [2.24, 2.45) is 4.99 Å². The van der Waals surface area contributed by atoms with Gasteiger partial charge in [-0.05, 0) is 55.2 Å². The molecule has 0 saturated carbocycles. The molecule has 0 bridgehead atoms. The van der Waals surface area contributed by atoms with Crippen LogP contribution in [0.4, 0.5) is 5.69 Å². The first-order chi connectivity index (χ1) is 13.2. The van der Waals surface area contributed by atoms with Gasteiger partial charge in [0.2, 0.25) is 5.90 Å². The average Bonchev–Trinajstić information content (AvgIpc) is 3.05. The van der Waals surface area contributed by atoms with Crippen LogP contribution in [0.2, 0.25) is 0 Å². The fraction of sp³-hybridized carbons (Fsp3) is 0.364. The summed E-state index contributed by atoms with van der Waals surface area (Å²) in [6.45, 7) is 0.962. The van der Waals surface area contributed by atoms with E-state index in [1.165, 1.54) is 11.3 Å². The molecule has 1 fully saturated rings. The van der Waals surface area contributed by atoms with Gasteiger partial charge in [0.15, 0.2) is 5.54 Å². The number of benzene rings is 2. The monoisotopic (exact) mass is 362 g/mol. The van der Waals surface area contributed by atoms with E-state index in [0.717, 1.165) is 37.1 Å². The Morgan fingerprint density at radius 3 is 2.78 bits per heavy atom. The zero-order valence-corrected chi connectivity index (χ0v) is 15.4. The topological polar surface area (TPSA) is 51.1 Å². The predicted octanol–water partition coefficient (Wildman–Crippen LogP) is 3.35. The van der Waals surface area contributed by atoms with Gasteiger partial charge in [0.25, 0.3) is 0 Å². The molecule has 5 nitrogen and oxygen atoms in total. The number of cyclic esters (lactones) is 1. The quantitative estimate of drug-likeness (QED) is 0.769. The third-order valence-corrected chi connectivity index (χ3v) is 6.00. The number of anilines is 1. The number of methoxy groups -OCH3 is 1. The van der Waals surface area contributed by atoms with E-state index in [9.17, 15) is 4.79 Å². The molecular weight excluding hydrogens is 340 g/mol. The van der Waals surface area contributed by atoms with Crippen molar-refractivity contribution in [1.82, 2.24) is 0 Å². The standard InChI is InChI=1S/C22H22N2O3/c1-26-17-11-9-15(10-12-17)20-23-22(21(25)27-20)14-16-6-2-3-7-18(16)24-13-5-4-8-19(22)24/h2-3,6-7,9-12,19H,4-5,8,13-14H2,1H3/t19-,22-/m1/s1. The van der Waals surface area contributed by atoms with Crippen LogP contribution in [-0.4, -0.2) is 37.1 Å². The Bertz CT molecular complexity index is 921. The molecule has 2 aromatic rings. The van der Waals surface area contributed by atoms with Gasteiger partial charge >= 0.3 is 5.97 Å². The summed E-state index contributed by atoms with van der Waals surface area (Å²) in [6, 6.07) is 15.9. The molecule has 1 saturated heterocycles. The Hall–Kier alpha value is -2.82. The molecule has 3 aliphatic heterocycles. The van der Waals surface area contributed by atoms with E-state index in [2.05, 4.69) is 23.1 Å². The number of carbonyl (C=O) groups excluding carboxylic acids is 1. The largest absolute Gasteiger partial charge is 0.497 e. The van der Waals surface area contributed by atoms with Crippen molar-refractivity contribution in [3.05, 3.63) is 59.7 Å². The van der Waals surface area contributed by atoms with Gasteiger partial charge < -0.3 is 14.4 Å². The van der Waals surface area contributed by atoms with Gasteiger partial charge in [-0.15, -0.1) is 0 Å². The van der Waals surface area contributed by atoms with Crippen molar-refractivity contribution in [2.45, 2.75) is 37.3 Å². The SMILES string of the molecule is COc1ccc(C2=N[C@@]3(Cc4ccccc4N4CCCC[C@@H]43)C(=O)O2)cc1. The number of aliphatic imine (C=N–C) groups is 1. The summed E-state index contributed by atoms with van der Waals surface area (Å²) in [4.78, 5) is 20.4. The van der Waals surface area contributed by atoms with E-state index in [-0.39, 0.29) is 12.0 Å². The van der Waals surface area contributed by atoms with Crippen molar-refractivity contribution < 1.29 is 14.3 Å². The maximum absolute atomic E-state index is 13.1. The number of esters is 1. The summed E-state index contributed by atoms with van der Waals surface area (Å²) >= 11 is 0. The van der Waals surface area contributed by atoms with E-state index < -0.39 is 5.54 Å². The number of carbonyl (C=O) groups is 1. The number of nitrogens with zero attached hydrogens (tertiary/aromatic N) is 2. The zero-order valence-electron chi connectivity index (χ0n) is 15.4. The molecule has 3 heterocycles. The second-order valence-corrected chi connectivity index (χ2v) is 7.47. The molecule has 0 aromatic heterocycles. The van der Waals surface area contributed by atoms with Crippen LogP contribution in [0.25, 0.3) is 0 Å². The maximum Gasteiger partial charge on any atom is 0.343 e. The minimum atomic E-state index is -0.843. The lowest BCUT2D eigenvalue weighted by Crippen LogP contribution is -2.61. The first-order valence-corrected chi connectivity index (χ1v) is 9.52. The van der Waals surface area contributed by atoms with E-state index in [1.807, 2.05) is 30.3 Å². The highest BCUT2D eigenvalue weighted by Crippen LogP contribution is 2.45. The number of fused-ring (bicyclic) bond motifs is 4. The van der Waals surface area contributed by atoms with Crippen molar-refractivity contribution in [2.75, 3.05) is 18.6 Å². The highest BCUT2D eigenvalue weighted by Gasteiger charge is 2.57. The second kappa shape index (κ2) is 6.12. The highest BCUT2D eigenvalue weighted by atomic mass is 16.6. The van der Waals surface area contributed by atoms with Gasteiger partial charge in [0, 0.05) is 24.2 Å². The zero-order chi connectivity index (χ0) is 18.4. The molecule has 0 N–H and O–H groups in total. The smallest absolute Gasteiger partial charge is 0.343 e. The first-order valence-electron chi connectivity index (χ1n) is 9.52. The summed E-state index contributed by atoms with van der Waals surface area (Å²) in [5, 5.41) is 0. The minimum absolute atomic E-state index is 0.0596. The molecule has 2 aromatic carbocycles. The van der Waals surface area contributed by atoms with Gasteiger partial charge in [-0.2, -0.15) is 0 Å². The normalized spacial score (nSPS) is 26.3. The lowest BCUT2D eigenvalue weighted by atomic mass is 9.75. The van der Waals surface area contributed by atoms with E-state index in [0.29, 0.717) is 12.3 Å². The van der Waals surface area contributed by atoms with Gasteiger partial charge in [-0.1, -0.05) is 18.2 Å². The predicted molar refractivity (Wildman–Crippen MR) is 103 cm³/mol. The number of hydrogen-bond acceptors (Lipinski definition) is 5. The lowest BCUT2D eigenvalue weighted by Gasteiger charge is -2.48. The molecule has 27 heavy (non-hydrogen) atoms. The number of ether oxygens (including phenoxy) is 2. The highest BCUT2D eigenvalue weighted by molar-refractivity contribution is 6.09. The lowest BCUT2D eigenvalue weighted by molar-refractivity contribution is -0.140. The molecule has 1 spiro atoms. The average molecular weight is 362 g/mol. The molecule has 5 rings (SSSR count). The Kier molecular flexibility index (Phi) is 3.71.